The molecule has 1 aliphatic carbocycles. The first-order chi connectivity index (χ1) is 5.13. The molecule has 0 aromatic carbocycles. The van der Waals surface area contributed by atoms with E-state index in [9.17, 15) is 0 Å². The van der Waals surface area contributed by atoms with Crippen LogP contribution in [0.2, 0.25) is 0 Å². The van der Waals surface area contributed by atoms with Crippen LogP contribution in [-0.2, 0) is 10.2 Å². The molecule has 2 nitrogen and oxygen atoms in total. The summed E-state index contributed by atoms with van der Waals surface area (Å²) >= 11 is 4.53. The van der Waals surface area contributed by atoms with Crippen molar-refractivity contribution in [3.05, 3.63) is 0 Å². The second kappa shape index (κ2) is 8.66. The Morgan fingerprint density at radius 2 is 1.45 bits per heavy atom. The molecule has 0 radical (unpaired) electrons. The van der Waals surface area contributed by atoms with Crippen molar-refractivity contribution in [2.24, 2.45) is 10.0 Å². The molecule has 11 heavy (non-hydrogen) atoms. The van der Waals surface area contributed by atoms with Gasteiger partial charge in [0.05, 0.1) is 0 Å². The molecule has 0 atom stereocenters. The van der Waals surface area contributed by atoms with Gasteiger partial charge in [-0.2, -0.15) is 0 Å². The normalized spacial score (nSPS) is 20.2. The number of hydrogen-bond acceptors (Lipinski definition) is 2. The fourth-order valence-corrected chi connectivity index (χ4v) is 1.13. The summed E-state index contributed by atoms with van der Waals surface area (Å²) in [6.45, 7) is 0. The average molecular weight is 564 g/mol. The summed E-state index contributed by atoms with van der Waals surface area (Å²) in [4.78, 5) is 0. The fourth-order valence-electron chi connectivity index (χ4n) is 1.13. The van der Waals surface area contributed by atoms with Gasteiger partial charge < -0.3 is 5.73 Å². The third-order valence-electron chi connectivity index (χ3n) is 1.65. The first kappa shape index (κ1) is 13.1. The molecule has 0 heterocycles. The summed E-state index contributed by atoms with van der Waals surface area (Å²) in [7, 11) is -0.829. The van der Waals surface area contributed by atoms with Crippen LogP contribution in [0.5, 0.6) is 0 Å². The van der Waals surface area contributed by atoms with Crippen LogP contribution in [0, 0.1) is 0 Å². The van der Waals surface area contributed by atoms with Crippen molar-refractivity contribution in [3.63, 3.8) is 0 Å². The van der Waals surface area contributed by atoms with Gasteiger partial charge in [-0.3, -0.25) is 0 Å². The Kier molecular flexibility index (Phi) is 10.3. The van der Waals surface area contributed by atoms with Gasteiger partial charge in [0.2, 0.25) is 0 Å². The van der Waals surface area contributed by atoms with E-state index in [-0.39, 0.29) is 0 Å². The molecule has 0 aromatic heterocycles. The van der Waals surface area contributed by atoms with Crippen molar-refractivity contribution in [2.75, 3.05) is 0 Å². The molecule has 4 N–H and O–H groups in total. The van der Waals surface area contributed by atoms with Crippen molar-refractivity contribution in [1.29, 1.82) is 0 Å². The Morgan fingerprint density at radius 3 is 1.64 bits per heavy atom. The van der Waals surface area contributed by atoms with E-state index in [0.717, 1.165) is 0 Å². The van der Waals surface area contributed by atoms with Crippen molar-refractivity contribution in [1.82, 2.24) is 0 Å². The van der Waals surface area contributed by atoms with E-state index in [1.165, 1.54) is 32.1 Å². The molecule has 0 spiro atoms. The van der Waals surface area contributed by atoms with Gasteiger partial charge in [-0.05, 0) is 12.8 Å². The Labute approximate surface area is 95.7 Å². The third-order valence-corrected chi connectivity index (χ3v) is 1.65. The summed E-state index contributed by atoms with van der Waals surface area (Å²) in [6, 6.07) is 0.536. The minimum absolute atomic E-state index is 0.536. The SMILES string of the molecule is NC1CCCCC1.[NH2][Pt]([I])[I]. The zero-order valence-corrected chi connectivity index (χ0v) is 12.9. The molecule has 0 aliphatic heterocycles. The molecule has 0 unspecified atom stereocenters. The predicted molar refractivity (Wildman–Crippen MR) is 63.3 cm³/mol. The summed E-state index contributed by atoms with van der Waals surface area (Å²) in [5.41, 5.74) is 5.63. The number of halogens is 2. The molecular formula is C6H15I2N2Pt. The second-order valence-corrected chi connectivity index (χ2v) is 26.6. The maximum absolute atomic E-state index is 5.63. The Balaban J connectivity index is 0.000000218. The van der Waals surface area contributed by atoms with E-state index in [1.54, 1.807) is 0 Å². The van der Waals surface area contributed by atoms with Crippen LogP contribution in [0.3, 0.4) is 0 Å². The molecule has 73 valence electrons. The van der Waals surface area contributed by atoms with Gasteiger partial charge in [0.1, 0.15) is 0 Å². The number of nitrogens with two attached hydrogens (primary N) is 2. The Hall–Kier alpha value is 2.07. The van der Waals surface area contributed by atoms with Crippen LogP contribution in [0.15, 0.2) is 0 Å². The second-order valence-electron chi connectivity index (χ2n) is 2.58. The van der Waals surface area contributed by atoms with Gasteiger partial charge in [-0.1, -0.05) is 19.3 Å². The Morgan fingerprint density at radius 1 is 1.09 bits per heavy atom. The van der Waals surface area contributed by atoms with Crippen LogP contribution >= 0.6 is 38.7 Å². The van der Waals surface area contributed by atoms with Gasteiger partial charge in [-0.25, -0.2) is 0 Å². The van der Waals surface area contributed by atoms with Crippen molar-refractivity contribution in [3.8, 4) is 0 Å². The molecule has 1 saturated carbocycles. The minimum atomic E-state index is -0.829. The van der Waals surface area contributed by atoms with Crippen LogP contribution in [0.25, 0.3) is 0 Å². The molecule has 0 saturated heterocycles. The average Bonchev–Trinajstić information content (AvgIpc) is 1.87. The molecule has 0 aromatic rings. The Bertz CT molecular complexity index is 83.9. The van der Waals surface area contributed by atoms with Gasteiger partial charge in [0, 0.05) is 6.04 Å². The van der Waals surface area contributed by atoms with E-state index < -0.39 is 10.2 Å². The van der Waals surface area contributed by atoms with Gasteiger partial charge in [0.25, 0.3) is 0 Å². The van der Waals surface area contributed by atoms with Gasteiger partial charge >= 0.3 is 53.2 Å². The monoisotopic (exact) mass is 564 g/mol. The third kappa shape index (κ3) is 12.1. The van der Waals surface area contributed by atoms with E-state index in [4.69, 9.17) is 10.0 Å². The molecule has 0 amide bonds. The zero-order valence-electron chi connectivity index (χ0n) is 6.34. The quantitative estimate of drug-likeness (QED) is 0.445. The number of rotatable bonds is 0. The molecule has 1 fully saturated rings. The topological polar surface area (TPSA) is 52.0 Å². The summed E-state index contributed by atoms with van der Waals surface area (Å²) in [5.74, 6) is 0. The van der Waals surface area contributed by atoms with Crippen molar-refractivity contribution >= 4 is 38.7 Å². The van der Waals surface area contributed by atoms with Crippen LogP contribution in [0.4, 0.5) is 0 Å². The van der Waals surface area contributed by atoms with Gasteiger partial charge in [-0.15, -0.1) is 0 Å². The number of hydrogen-bond donors (Lipinski definition) is 2. The van der Waals surface area contributed by atoms with Gasteiger partial charge in [0.15, 0.2) is 0 Å². The summed E-state index contributed by atoms with van der Waals surface area (Å²) < 4.78 is 5.24. The van der Waals surface area contributed by atoms with Crippen molar-refractivity contribution < 1.29 is 10.2 Å². The fraction of sp³-hybridized carbons (Fsp3) is 1.00. The van der Waals surface area contributed by atoms with Crippen LogP contribution in [-0.4, -0.2) is 6.04 Å². The molecule has 1 rings (SSSR count). The van der Waals surface area contributed by atoms with Crippen LogP contribution in [0.1, 0.15) is 32.1 Å². The summed E-state index contributed by atoms with van der Waals surface area (Å²) in [6.07, 6.45) is 6.66. The predicted octanol–water partition coefficient (Wildman–Crippen LogP) is 2.46. The van der Waals surface area contributed by atoms with E-state index in [0.29, 0.717) is 6.04 Å². The standard InChI is InChI=1S/C6H13N.2HI.H2N.Pt/c7-6-4-2-1-3-5-6;;;;/h6H,1-5,7H2;2*1H;1H2;/q;;;-1;+3/p-2. The molecule has 0 bridgehead atoms. The van der Waals surface area contributed by atoms with E-state index >= 15 is 0 Å². The van der Waals surface area contributed by atoms with Crippen molar-refractivity contribution in [2.45, 2.75) is 38.1 Å². The molecular weight excluding hydrogens is 549 g/mol. The first-order valence-corrected chi connectivity index (χ1v) is 17.8. The maximum atomic E-state index is 5.63. The van der Waals surface area contributed by atoms with E-state index in [1.807, 2.05) is 0 Å². The molecule has 1 aliphatic rings. The molecule has 5 heteroatoms. The van der Waals surface area contributed by atoms with E-state index in [2.05, 4.69) is 38.7 Å². The first-order valence-electron chi connectivity index (χ1n) is 3.57. The van der Waals surface area contributed by atoms with Crippen LogP contribution < -0.4 is 10.0 Å². The zero-order chi connectivity index (χ0) is 8.69. The summed E-state index contributed by atoms with van der Waals surface area (Å²) in [5, 5.41) is 0.